The molecule has 5 heteroatoms. The van der Waals surface area contributed by atoms with Gasteiger partial charge in [0.25, 0.3) is 0 Å². The number of nitrogens with zero attached hydrogens (tertiary/aromatic N) is 1. The molecule has 2 aromatic rings. The lowest BCUT2D eigenvalue weighted by Gasteiger charge is -2.07. The van der Waals surface area contributed by atoms with Crippen LogP contribution in [0, 0.1) is 17.2 Å². The molecule has 0 aliphatic carbocycles. The number of benzene rings is 1. The summed E-state index contributed by atoms with van der Waals surface area (Å²) in [6.07, 6.45) is 0. The second-order valence-electron chi connectivity index (χ2n) is 4.00. The molecule has 2 rings (SSSR count). The molecule has 0 aliphatic heterocycles. The fraction of sp³-hybridized carbons (Fsp3) is 0.133. The highest BCUT2D eigenvalue weighted by Gasteiger charge is 2.28. The van der Waals surface area contributed by atoms with Gasteiger partial charge < -0.3 is 4.74 Å². The number of carbonyl (C=O) groups is 2. The Kier molecular flexibility index (Phi) is 4.28. The van der Waals surface area contributed by atoms with E-state index in [-0.39, 0.29) is 0 Å². The van der Waals surface area contributed by atoms with Gasteiger partial charge in [0.2, 0.25) is 0 Å². The minimum atomic E-state index is -1.30. The Balaban J connectivity index is 2.25. The molecule has 0 radical (unpaired) electrons. The number of rotatable bonds is 5. The predicted molar refractivity (Wildman–Crippen MR) is 75.1 cm³/mol. The van der Waals surface area contributed by atoms with E-state index in [2.05, 4.69) is 0 Å². The summed E-state index contributed by atoms with van der Waals surface area (Å²) in [5.41, 5.74) is 0.322. The molecule has 0 amide bonds. The van der Waals surface area contributed by atoms with Crippen molar-refractivity contribution < 1.29 is 14.3 Å². The first-order valence-electron chi connectivity index (χ1n) is 5.83. The van der Waals surface area contributed by atoms with Crippen molar-refractivity contribution in [3.05, 3.63) is 52.2 Å². The average molecular weight is 285 g/mol. The Hall–Kier alpha value is -2.45. The summed E-state index contributed by atoms with van der Waals surface area (Å²) < 4.78 is 5.00. The molecule has 0 saturated carbocycles. The van der Waals surface area contributed by atoms with Crippen LogP contribution in [0.5, 0.6) is 5.75 Å². The summed E-state index contributed by atoms with van der Waals surface area (Å²) in [5, 5.41) is 10.9. The summed E-state index contributed by atoms with van der Waals surface area (Å²) >= 11 is 1.22. The van der Waals surface area contributed by atoms with Crippen LogP contribution in [-0.4, -0.2) is 18.7 Å². The van der Waals surface area contributed by atoms with Crippen LogP contribution in [-0.2, 0) is 0 Å². The predicted octanol–water partition coefficient (Wildman–Crippen LogP) is 2.96. The minimum Gasteiger partial charge on any atom is -0.497 e. The quantitative estimate of drug-likeness (QED) is 0.625. The van der Waals surface area contributed by atoms with Gasteiger partial charge in [0.05, 0.1) is 18.1 Å². The van der Waals surface area contributed by atoms with Gasteiger partial charge in [0, 0.05) is 5.56 Å². The number of nitriles is 1. The van der Waals surface area contributed by atoms with Crippen LogP contribution in [0.1, 0.15) is 20.0 Å². The van der Waals surface area contributed by atoms with Crippen LogP contribution in [0.3, 0.4) is 0 Å². The summed E-state index contributed by atoms with van der Waals surface area (Å²) in [6.45, 7) is 0. The first kappa shape index (κ1) is 14.0. The van der Waals surface area contributed by atoms with Gasteiger partial charge in [0.15, 0.2) is 17.5 Å². The lowest BCUT2D eigenvalue weighted by molar-refractivity contribution is 0.0848. The van der Waals surface area contributed by atoms with Crippen molar-refractivity contribution in [1.82, 2.24) is 0 Å². The van der Waals surface area contributed by atoms with Crippen molar-refractivity contribution >= 4 is 22.9 Å². The van der Waals surface area contributed by atoms with Crippen molar-refractivity contribution in [3.63, 3.8) is 0 Å². The van der Waals surface area contributed by atoms with Crippen molar-refractivity contribution in [2.45, 2.75) is 0 Å². The van der Waals surface area contributed by atoms with E-state index in [0.29, 0.717) is 16.2 Å². The second kappa shape index (κ2) is 6.13. The molecule has 0 spiro atoms. The highest BCUT2D eigenvalue weighted by atomic mass is 32.1. The Labute approximate surface area is 120 Å². The minimum absolute atomic E-state index is 0.322. The van der Waals surface area contributed by atoms with Crippen LogP contribution in [0.4, 0.5) is 0 Å². The Morgan fingerprint density at radius 3 is 2.40 bits per heavy atom. The maximum atomic E-state index is 12.2. The third kappa shape index (κ3) is 2.76. The maximum absolute atomic E-state index is 12.2. The van der Waals surface area contributed by atoms with Gasteiger partial charge in [-0.25, -0.2) is 0 Å². The van der Waals surface area contributed by atoms with E-state index >= 15 is 0 Å². The van der Waals surface area contributed by atoms with Gasteiger partial charge in [-0.2, -0.15) is 5.26 Å². The molecule has 1 atom stereocenters. The molecule has 0 saturated heterocycles. The average Bonchev–Trinajstić information content (AvgIpc) is 3.02. The number of thiophene rings is 1. The molecule has 1 aromatic heterocycles. The highest BCUT2D eigenvalue weighted by molar-refractivity contribution is 7.12. The van der Waals surface area contributed by atoms with Crippen LogP contribution < -0.4 is 4.74 Å². The van der Waals surface area contributed by atoms with E-state index < -0.39 is 17.5 Å². The zero-order valence-corrected chi connectivity index (χ0v) is 11.5. The summed E-state index contributed by atoms with van der Waals surface area (Å²) in [7, 11) is 1.52. The SMILES string of the molecule is COc1ccc(C(=O)[C@H](C#N)C(=O)c2cccs2)cc1. The number of hydrogen-bond donors (Lipinski definition) is 0. The van der Waals surface area contributed by atoms with Gasteiger partial charge in [-0.05, 0) is 35.7 Å². The molecule has 1 heterocycles. The Bertz CT molecular complexity index is 653. The van der Waals surface area contributed by atoms with E-state index in [1.54, 1.807) is 47.8 Å². The van der Waals surface area contributed by atoms with Gasteiger partial charge in [-0.1, -0.05) is 6.07 Å². The summed E-state index contributed by atoms with van der Waals surface area (Å²) in [4.78, 5) is 24.8. The van der Waals surface area contributed by atoms with E-state index in [1.807, 2.05) is 0 Å². The van der Waals surface area contributed by atoms with Gasteiger partial charge in [-0.3, -0.25) is 9.59 Å². The van der Waals surface area contributed by atoms with Gasteiger partial charge >= 0.3 is 0 Å². The highest BCUT2D eigenvalue weighted by Crippen LogP contribution is 2.19. The molecule has 0 N–H and O–H groups in total. The zero-order chi connectivity index (χ0) is 14.5. The molecule has 20 heavy (non-hydrogen) atoms. The first-order valence-corrected chi connectivity index (χ1v) is 6.71. The molecule has 0 bridgehead atoms. The lowest BCUT2D eigenvalue weighted by Crippen LogP contribution is -2.22. The van der Waals surface area contributed by atoms with Crippen molar-refractivity contribution in [3.8, 4) is 11.8 Å². The topological polar surface area (TPSA) is 67.2 Å². The Morgan fingerprint density at radius 1 is 1.20 bits per heavy atom. The number of ether oxygens (including phenoxy) is 1. The molecule has 0 aliphatic rings. The molecule has 0 unspecified atom stereocenters. The normalized spacial score (nSPS) is 11.4. The van der Waals surface area contributed by atoms with E-state index in [0.717, 1.165) is 0 Å². The fourth-order valence-corrected chi connectivity index (χ4v) is 2.41. The monoisotopic (exact) mass is 285 g/mol. The molecule has 1 aromatic carbocycles. The van der Waals surface area contributed by atoms with E-state index in [1.165, 1.54) is 18.4 Å². The molecule has 100 valence electrons. The van der Waals surface area contributed by atoms with Crippen LogP contribution >= 0.6 is 11.3 Å². The smallest absolute Gasteiger partial charge is 0.197 e. The van der Waals surface area contributed by atoms with Crippen LogP contribution in [0.15, 0.2) is 41.8 Å². The number of carbonyl (C=O) groups excluding carboxylic acids is 2. The first-order chi connectivity index (χ1) is 9.67. The molecule has 0 fully saturated rings. The van der Waals surface area contributed by atoms with Gasteiger partial charge in [0.1, 0.15) is 5.75 Å². The van der Waals surface area contributed by atoms with Crippen molar-refractivity contribution in [2.24, 2.45) is 5.92 Å². The van der Waals surface area contributed by atoms with Crippen molar-refractivity contribution in [2.75, 3.05) is 7.11 Å². The van der Waals surface area contributed by atoms with Gasteiger partial charge in [-0.15, -0.1) is 11.3 Å². The summed E-state index contributed by atoms with van der Waals surface area (Å²) in [5.74, 6) is -1.64. The Morgan fingerprint density at radius 2 is 1.90 bits per heavy atom. The number of hydrogen-bond acceptors (Lipinski definition) is 5. The standard InChI is InChI=1S/C15H11NO3S/c1-19-11-6-4-10(5-7-11)14(17)12(9-16)15(18)13-3-2-8-20-13/h2-8,12H,1H3/t12-/m0/s1. The largest absolute Gasteiger partial charge is 0.497 e. The lowest BCUT2D eigenvalue weighted by atomic mass is 9.94. The molecule has 4 nitrogen and oxygen atoms in total. The number of Topliss-reactive ketones (excluding diaryl/α,β-unsaturated/α-hetero) is 2. The van der Waals surface area contributed by atoms with E-state index in [9.17, 15) is 9.59 Å². The van der Waals surface area contributed by atoms with E-state index in [4.69, 9.17) is 10.00 Å². The van der Waals surface area contributed by atoms with Crippen molar-refractivity contribution in [1.29, 1.82) is 5.26 Å². The van der Waals surface area contributed by atoms with Crippen LogP contribution in [0.2, 0.25) is 0 Å². The summed E-state index contributed by atoms with van der Waals surface area (Å²) in [6, 6.07) is 11.5. The maximum Gasteiger partial charge on any atom is 0.197 e. The van der Waals surface area contributed by atoms with Crippen LogP contribution in [0.25, 0.3) is 0 Å². The third-order valence-electron chi connectivity index (χ3n) is 2.79. The molecular weight excluding hydrogens is 274 g/mol. The zero-order valence-electron chi connectivity index (χ0n) is 10.7. The number of methoxy groups -OCH3 is 1. The number of ketones is 2. The molecular formula is C15H11NO3S. The fourth-order valence-electron chi connectivity index (χ4n) is 1.72. The third-order valence-corrected chi connectivity index (χ3v) is 3.68. The second-order valence-corrected chi connectivity index (χ2v) is 4.94.